The highest BCUT2D eigenvalue weighted by Gasteiger charge is 2.29. The van der Waals surface area contributed by atoms with Crippen molar-refractivity contribution in [3.8, 4) is 0 Å². The van der Waals surface area contributed by atoms with Crippen molar-refractivity contribution in [1.82, 2.24) is 5.32 Å². The van der Waals surface area contributed by atoms with Crippen LogP contribution in [0.1, 0.15) is 34.3 Å². The fourth-order valence-electron chi connectivity index (χ4n) is 3.11. The molecule has 168 valence electrons. The molecule has 0 saturated carbocycles. The third kappa shape index (κ3) is 5.51. The van der Waals surface area contributed by atoms with E-state index in [0.717, 1.165) is 11.1 Å². The van der Waals surface area contributed by atoms with Crippen molar-refractivity contribution in [1.29, 1.82) is 0 Å². The maximum Gasteiger partial charge on any atom is 0.405 e. The molecular weight excluding hydrogens is 425 g/mol. The van der Waals surface area contributed by atoms with E-state index in [2.05, 4.69) is 10.4 Å². The van der Waals surface area contributed by atoms with Crippen LogP contribution in [0.3, 0.4) is 0 Å². The van der Waals surface area contributed by atoms with Crippen molar-refractivity contribution < 1.29 is 27.6 Å². The number of hydrogen-bond acceptors (Lipinski definition) is 4. The van der Waals surface area contributed by atoms with Crippen molar-refractivity contribution in [3.05, 3.63) is 59.2 Å². The highest BCUT2D eigenvalue weighted by Crippen LogP contribution is 2.26. The number of rotatable bonds is 5. The molecule has 0 bridgehead atoms. The maximum absolute atomic E-state index is 12.8. The Morgan fingerprint density at radius 1 is 1.06 bits per heavy atom. The molecule has 10 heteroatoms. The van der Waals surface area contributed by atoms with Crippen LogP contribution in [0.4, 0.5) is 24.5 Å². The SMILES string of the molecule is Cc1ccc(C)c(N2N=C(C(=O)Nc3ccccc3C(=O)NCC(F)(F)F)CCC2=O)c1. The number of alkyl halides is 3. The fraction of sp³-hybridized carbons (Fsp3) is 0.273. The van der Waals surface area contributed by atoms with Crippen LogP contribution in [0.5, 0.6) is 0 Å². The Morgan fingerprint density at radius 3 is 2.50 bits per heavy atom. The predicted octanol–water partition coefficient (Wildman–Crippen LogP) is 3.72. The second-order valence-corrected chi connectivity index (χ2v) is 7.34. The number of benzene rings is 2. The van der Waals surface area contributed by atoms with Gasteiger partial charge in [0.25, 0.3) is 11.8 Å². The Morgan fingerprint density at radius 2 is 1.78 bits per heavy atom. The second-order valence-electron chi connectivity index (χ2n) is 7.34. The highest BCUT2D eigenvalue weighted by atomic mass is 19.4. The van der Waals surface area contributed by atoms with Gasteiger partial charge in [-0.25, -0.2) is 5.01 Å². The molecule has 0 aromatic heterocycles. The number of amides is 3. The summed E-state index contributed by atoms with van der Waals surface area (Å²) in [6.07, 6.45) is -4.41. The average Bonchev–Trinajstić information content (AvgIpc) is 2.74. The number of aryl methyl sites for hydroxylation is 2. The van der Waals surface area contributed by atoms with Crippen LogP contribution in [-0.2, 0) is 9.59 Å². The zero-order chi connectivity index (χ0) is 23.5. The molecule has 3 rings (SSSR count). The van der Waals surface area contributed by atoms with Crippen LogP contribution >= 0.6 is 0 Å². The Balaban J connectivity index is 1.82. The fourth-order valence-corrected chi connectivity index (χ4v) is 3.11. The first-order chi connectivity index (χ1) is 15.0. The van der Waals surface area contributed by atoms with Crippen LogP contribution in [0.2, 0.25) is 0 Å². The van der Waals surface area contributed by atoms with Crippen LogP contribution in [0.15, 0.2) is 47.6 Å². The van der Waals surface area contributed by atoms with Gasteiger partial charge in [0.05, 0.1) is 16.9 Å². The number of hydrazone groups is 1. The van der Waals surface area contributed by atoms with Gasteiger partial charge in [0, 0.05) is 12.8 Å². The summed E-state index contributed by atoms with van der Waals surface area (Å²) in [4.78, 5) is 37.4. The van der Waals surface area contributed by atoms with Crippen molar-refractivity contribution in [3.63, 3.8) is 0 Å². The number of para-hydroxylation sites is 1. The average molecular weight is 446 g/mol. The summed E-state index contributed by atoms with van der Waals surface area (Å²) in [6.45, 7) is 2.20. The topological polar surface area (TPSA) is 90.9 Å². The van der Waals surface area contributed by atoms with Gasteiger partial charge >= 0.3 is 6.18 Å². The van der Waals surface area contributed by atoms with Crippen molar-refractivity contribution >= 4 is 34.8 Å². The summed E-state index contributed by atoms with van der Waals surface area (Å²) >= 11 is 0. The molecule has 7 nitrogen and oxygen atoms in total. The number of anilines is 2. The molecule has 0 spiro atoms. The Kier molecular flexibility index (Phi) is 6.61. The molecule has 1 aliphatic rings. The lowest BCUT2D eigenvalue weighted by Gasteiger charge is -2.25. The summed E-state index contributed by atoms with van der Waals surface area (Å²) in [5.74, 6) is -1.89. The molecule has 1 aliphatic heterocycles. The molecule has 32 heavy (non-hydrogen) atoms. The predicted molar refractivity (Wildman–Crippen MR) is 114 cm³/mol. The third-order valence-electron chi connectivity index (χ3n) is 4.76. The van der Waals surface area contributed by atoms with E-state index in [0.29, 0.717) is 5.69 Å². The molecule has 0 fully saturated rings. The lowest BCUT2D eigenvalue weighted by atomic mass is 10.1. The number of carbonyl (C=O) groups excluding carboxylic acids is 3. The molecule has 1 heterocycles. The first-order valence-corrected chi connectivity index (χ1v) is 9.78. The second kappa shape index (κ2) is 9.21. The van der Waals surface area contributed by atoms with Gasteiger partial charge in [-0.2, -0.15) is 18.3 Å². The summed E-state index contributed by atoms with van der Waals surface area (Å²) < 4.78 is 37.2. The Hall–Kier alpha value is -3.69. The smallest absolute Gasteiger partial charge is 0.343 e. The minimum absolute atomic E-state index is 0.0371. The molecule has 0 atom stereocenters. The first-order valence-electron chi connectivity index (χ1n) is 9.78. The normalized spacial score (nSPS) is 14.1. The van der Waals surface area contributed by atoms with Crippen molar-refractivity contribution in [2.45, 2.75) is 32.9 Å². The Bertz CT molecular complexity index is 1100. The lowest BCUT2D eigenvalue weighted by Crippen LogP contribution is -2.37. The van der Waals surface area contributed by atoms with Gasteiger partial charge in [-0.05, 0) is 43.2 Å². The van der Waals surface area contributed by atoms with Gasteiger partial charge in [0.1, 0.15) is 12.3 Å². The number of nitrogens with zero attached hydrogens (tertiary/aromatic N) is 2. The van der Waals surface area contributed by atoms with E-state index in [1.165, 1.54) is 29.3 Å². The van der Waals surface area contributed by atoms with E-state index in [-0.39, 0.29) is 35.7 Å². The van der Waals surface area contributed by atoms with E-state index in [1.807, 2.05) is 26.0 Å². The largest absolute Gasteiger partial charge is 0.405 e. The minimum atomic E-state index is -4.56. The zero-order valence-corrected chi connectivity index (χ0v) is 17.4. The van der Waals surface area contributed by atoms with Gasteiger partial charge in [0.15, 0.2) is 0 Å². The van der Waals surface area contributed by atoms with Crippen molar-refractivity contribution in [2.24, 2.45) is 5.10 Å². The molecule has 2 aromatic carbocycles. The standard InChI is InChI=1S/C22H21F3N4O3/c1-13-7-8-14(2)18(11-13)29-19(30)10-9-17(28-29)21(32)27-16-6-4-3-5-15(16)20(31)26-12-22(23,24)25/h3-8,11H,9-10,12H2,1-2H3,(H,26,31)(H,27,32). The highest BCUT2D eigenvalue weighted by molar-refractivity contribution is 6.44. The van der Waals surface area contributed by atoms with E-state index in [4.69, 9.17) is 0 Å². The summed E-state index contributed by atoms with van der Waals surface area (Å²) in [5.41, 5.74) is 2.27. The molecule has 2 N–H and O–H groups in total. The summed E-state index contributed by atoms with van der Waals surface area (Å²) in [7, 11) is 0. The molecule has 0 radical (unpaired) electrons. The van der Waals surface area contributed by atoms with E-state index >= 15 is 0 Å². The van der Waals surface area contributed by atoms with E-state index in [1.54, 1.807) is 11.4 Å². The first kappa shape index (κ1) is 23.0. The monoisotopic (exact) mass is 446 g/mol. The number of halogens is 3. The third-order valence-corrected chi connectivity index (χ3v) is 4.76. The van der Waals surface area contributed by atoms with Crippen LogP contribution in [0, 0.1) is 13.8 Å². The molecule has 3 amide bonds. The Labute approximate surface area is 182 Å². The van der Waals surface area contributed by atoms with Crippen LogP contribution in [-0.4, -0.2) is 36.2 Å². The van der Waals surface area contributed by atoms with Crippen molar-refractivity contribution in [2.75, 3.05) is 16.9 Å². The molecular formula is C22H21F3N4O3. The van der Waals surface area contributed by atoms with Gasteiger partial charge in [-0.1, -0.05) is 24.3 Å². The quantitative estimate of drug-likeness (QED) is 0.734. The van der Waals surface area contributed by atoms with Gasteiger partial charge in [-0.3, -0.25) is 14.4 Å². The number of carbonyl (C=O) groups is 3. The number of nitrogens with one attached hydrogen (secondary N) is 2. The molecule has 2 aromatic rings. The van der Waals surface area contributed by atoms with Crippen LogP contribution in [0.25, 0.3) is 0 Å². The van der Waals surface area contributed by atoms with Crippen LogP contribution < -0.4 is 15.6 Å². The lowest BCUT2D eigenvalue weighted by molar-refractivity contribution is -0.123. The minimum Gasteiger partial charge on any atom is -0.343 e. The van der Waals surface area contributed by atoms with Gasteiger partial charge < -0.3 is 10.6 Å². The van der Waals surface area contributed by atoms with Gasteiger partial charge in [0.2, 0.25) is 5.91 Å². The van der Waals surface area contributed by atoms with Gasteiger partial charge in [-0.15, -0.1) is 0 Å². The summed E-state index contributed by atoms with van der Waals surface area (Å²) in [6, 6.07) is 11.2. The maximum atomic E-state index is 12.8. The summed E-state index contributed by atoms with van der Waals surface area (Å²) in [5, 5.41) is 9.70. The number of hydrogen-bond donors (Lipinski definition) is 2. The van der Waals surface area contributed by atoms with E-state index < -0.39 is 24.5 Å². The zero-order valence-electron chi connectivity index (χ0n) is 17.4. The molecule has 0 unspecified atom stereocenters. The molecule has 0 saturated heterocycles. The molecule has 0 aliphatic carbocycles. The van der Waals surface area contributed by atoms with E-state index in [9.17, 15) is 27.6 Å².